The molecule has 0 unspecified atom stereocenters. The summed E-state index contributed by atoms with van der Waals surface area (Å²) in [5.74, 6) is 0.339. The third-order valence-electron chi connectivity index (χ3n) is 4.14. The van der Waals surface area contributed by atoms with Crippen LogP contribution in [0.1, 0.15) is 12.1 Å². The van der Waals surface area contributed by atoms with E-state index in [-0.39, 0.29) is 11.8 Å². The van der Waals surface area contributed by atoms with Gasteiger partial charge >= 0.3 is 0 Å². The molecule has 21 heavy (non-hydrogen) atoms. The maximum absolute atomic E-state index is 12.3. The van der Waals surface area contributed by atoms with E-state index in [4.69, 9.17) is 16.3 Å². The summed E-state index contributed by atoms with van der Waals surface area (Å²) in [5.41, 5.74) is 1.02. The van der Waals surface area contributed by atoms with E-state index in [1.807, 2.05) is 17.0 Å². The van der Waals surface area contributed by atoms with Crippen molar-refractivity contribution in [3.05, 3.63) is 29.0 Å². The molecular formula is C15H20ClN3O2. The van der Waals surface area contributed by atoms with Crippen molar-refractivity contribution < 1.29 is 9.53 Å². The second-order valence-corrected chi connectivity index (χ2v) is 6.07. The lowest BCUT2D eigenvalue weighted by molar-refractivity contribution is -0.137. The number of piperazine rings is 1. The Kier molecular flexibility index (Phi) is 4.73. The molecule has 1 aromatic rings. The molecule has 1 amide bonds. The SMILES string of the molecule is O=C([C@@H]1CCOC1)N1CCN(Cc2ccc(Cl)cn2)CC1. The van der Waals surface area contributed by atoms with Crippen LogP contribution in [0.4, 0.5) is 0 Å². The number of halogens is 1. The second kappa shape index (κ2) is 6.73. The Morgan fingerprint density at radius 2 is 2.14 bits per heavy atom. The Labute approximate surface area is 129 Å². The fourth-order valence-corrected chi connectivity index (χ4v) is 2.95. The molecule has 2 aliphatic rings. The Bertz CT molecular complexity index is 480. The molecule has 0 bridgehead atoms. The zero-order chi connectivity index (χ0) is 14.7. The first-order valence-electron chi connectivity index (χ1n) is 7.42. The highest BCUT2D eigenvalue weighted by molar-refractivity contribution is 6.30. The van der Waals surface area contributed by atoms with Crippen LogP contribution in [0.3, 0.4) is 0 Å². The number of carbonyl (C=O) groups excluding carboxylic acids is 1. The molecular weight excluding hydrogens is 290 g/mol. The predicted octanol–water partition coefficient (Wildman–Crippen LogP) is 1.42. The molecule has 0 spiro atoms. The van der Waals surface area contributed by atoms with Crippen molar-refractivity contribution in [2.75, 3.05) is 39.4 Å². The van der Waals surface area contributed by atoms with E-state index in [1.54, 1.807) is 6.20 Å². The van der Waals surface area contributed by atoms with Crippen molar-refractivity contribution in [2.24, 2.45) is 5.92 Å². The van der Waals surface area contributed by atoms with E-state index in [0.29, 0.717) is 11.6 Å². The standard InChI is InChI=1S/C15H20ClN3O2/c16-13-1-2-14(17-9-13)10-18-4-6-19(7-5-18)15(20)12-3-8-21-11-12/h1-2,9,12H,3-8,10-11H2/t12-/m1/s1. The van der Waals surface area contributed by atoms with Crippen LogP contribution in [0.15, 0.2) is 18.3 Å². The monoisotopic (exact) mass is 309 g/mol. The van der Waals surface area contributed by atoms with Crippen LogP contribution in [-0.2, 0) is 16.1 Å². The summed E-state index contributed by atoms with van der Waals surface area (Å²) in [6.07, 6.45) is 2.55. The van der Waals surface area contributed by atoms with Gasteiger partial charge in [0.15, 0.2) is 0 Å². The number of aromatic nitrogens is 1. The molecule has 6 heteroatoms. The summed E-state index contributed by atoms with van der Waals surface area (Å²) < 4.78 is 5.30. The molecule has 3 heterocycles. The average molecular weight is 310 g/mol. The highest BCUT2D eigenvalue weighted by Gasteiger charge is 2.30. The summed E-state index contributed by atoms with van der Waals surface area (Å²) >= 11 is 5.84. The minimum Gasteiger partial charge on any atom is -0.381 e. The normalized spacial score (nSPS) is 23.5. The molecule has 5 nitrogen and oxygen atoms in total. The Hall–Kier alpha value is -1.17. The van der Waals surface area contributed by atoms with E-state index in [2.05, 4.69) is 9.88 Å². The van der Waals surface area contributed by atoms with Crippen molar-refractivity contribution in [2.45, 2.75) is 13.0 Å². The van der Waals surface area contributed by atoms with Gasteiger partial charge < -0.3 is 9.64 Å². The third kappa shape index (κ3) is 3.73. The molecule has 114 valence electrons. The van der Waals surface area contributed by atoms with Crippen molar-refractivity contribution in [1.82, 2.24) is 14.8 Å². The van der Waals surface area contributed by atoms with E-state index in [9.17, 15) is 4.79 Å². The Morgan fingerprint density at radius 1 is 1.33 bits per heavy atom. The van der Waals surface area contributed by atoms with E-state index >= 15 is 0 Å². The molecule has 1 atom stereocenters. The zero-order valence-electron chi connectivity index (χ0n) is 12.0. The van der Waals surface area contributed by atoms with Gasteiger partial charge in [-0.2, -0.15) is 0 Å². The Morgan fingerprint density at radius 3 is 2.76 bits per heavy atom. The largest absolute Gasteiger partial charge is 0.381 e. The zero-order valence-corrected chi connectivity index (χ0v) is 12.8. The summed E-state index contributed by atoms with van der Waals surface area (Å²) in [6, 6.07) is 3.82. The van der Waals surface area contributed by atoms with Crippen LogP contribution < -0.4 is 0 Å². The summed E-state index contributed by atoms with van der Waals surface area (Å²) in [4.78, 5) is 20.9. The number of pyridine rings is 1. The lowest BCUT2D eigenvalue weighted by Crippen LogP contribution is -2.50. The van der Waals surface area contributed by atoms with Crippen LogP contribution in [0.25, 0.3) is 0 Å². The molecule has 0 N–H and O–H groups in total. The van der Waals surface area contributed by atoms with E-state index in [0.717, 1.165) is 51.4 Å². The molecule has 2 fully saturated rings. The van der Waals surface area contributed by atoms with E-state index < -0.39 is 0 Å². The molecule has 0 radical (unpaired) electrons. The quantitative estimate of drug-likeness (QED) is 0.847. The van der Waals surface area contributed by atoms with Crippen LogP contribution in [0.2, 0.25) is 5.02 Å². The fraction of sp³-hybridized carbons (Fsp3) is 0.600. The number of rotatable bonds is 3. The molecule has 0 saturated carbocycles. The number of carbonyl (C=O) groups is 1. The van der Waals surface area contributed by atoms with Gasteiger partial charge in [0.1, 0.15) is 0 Å². The van der Waals surface area contributed by atoms with Gasteiger partial charge in [-0.3, -0.25) is 14.7 Å². The first-order valence-corrected chi connectivity index (χ1v) is 7.79. The van der Waals surface area contributed by atoms with Crippen molar-refractivity contribution >= 4 is 17.5 Å². The number of amides is 1. The predicted molar refractivity (Wildman–Crippen MR) is 80.0 cm³/mol. The maximum atomic E-state index is 12.3. The van der Waals surface area contributed by atoms with Gasteiger partial charge in [0, 0.05) is 45.5 Å². The molecule has 1 aromatic heterocycles. The van der Waals surface area contributed by atoms with Crippen LogP contribution in [0, 0.1) is 5.92 Å². The first-order chi connectivity index (χ1) is 10.2. The van der Waals surface area contributed by atoms with Gasteiger partial charge in [-0.05, 0) is 18.6 Å². The van der Waals surface area contributed by atoms with Gasteiger partial charge in [0.25, 0.3) is 0 Å². The second-order valence-electron chi connectivity index (χ2n) is 5.63. The fourth-order valence-electron chi connectivity index (χ4n) is 2.84. The number of nitrogens with zero attached hydrogens (tertiary/aromatic N) is 3. The molecule has 3 rings (SSSR count). The summed E-state index contributed by atoms with van der Waals surface area (Å²) in [7, 11) is 0. The average Bonchev–Trinajstić information content (AvgIpc) is 3.04. The number of hydrogen-bond acceptors (Lipinski definition) is 4. The third-order valence-corrected chi connectivity index (χ3v) is 4.36. The lowest BCUT2D eigenvalue weighted by Gasteiger charge is -2.35. The van der Waals surface area contributed by atoms with Crippen molar-refractivity contribution in [3.63, 3.8) is 0 Å². The summed E-state index contributed by atoms with van der Waals surface area (Å²) in [6.45, 7) is 5.50. The highest BCUT2D eigenvalue weighted by atomic mass is 35.5. The smallest absolute Gasteiger partial charge is 0.228 e. The minimum absolute atomic E-state index is 0.0782. The van der Waals surface area contributed by atoms with Gasteiger partial charge in [-0.1, -0.05) is 11.6 Å². The maximum Gasteiger partial charge on any atom is 0.228 e. The van der Waals surface area contributed by atoms with Crippen molar-refractivity contribution in [1.29, 1.82) is 0 Å². The van der Waals surface area contributed by atoms with Crippen LogP contribution in [-0.4, -0.2) is 60.1 Å². The number of hydrogen-bond donors (Lipinski definition) is 0. The molecule has 2 aliphatic heterocycles. The summed E-state index contributed by atoms with van der Waals surface area (Å²) in [5, 5.41) is 0.660. The van der Waals surface area contributed by atoms with Gasteiger partial charge in [-0.15, -0.1) is 0 Å². The van der Waals surface area contributed by atoms with Gasteiger partial charge in [0.2, 0.25) is 5.91 Å². The van der Waals surface area contributed by atoms with Crippen LogP contribution in [0.5, 0.6) is 0 Å². The topological polar surface area (TPSA) is 45.7 Å². The minimum atomic E-state index is 0.0782. The van der Waals surface area contributed by atoms with Gasteiger partial charge in [-0.25, -0.2) is 0 Å². The van der Waals surface area contributed by atoms with Crippen molar-refractivity contribution in [3.8, 4) is 0 Å². The van der Waals surface area contributed by atoms with E-state index in [1.165, 1.54) is 0 Å². The Balaban J connectivity index is 1.48. The van der Waals surface area contributed by atoms with Crippen LogP contribution >= 0.6 is 11.6 Å². The number of ether oxygens (including phenoxy) is 1. The van der Waals surface area contributed by atoms with Gasteiger partial charge in [0.05, 0.1) is 23.2 Å². The molecule has 0 aliphatic carbocycles. The molecule has 2 saturated heterocycles. The first kappa shape index (κ1) is 14.8. The highest BCUT2D eigenvalue weighted by Crippen LogP contribution is 2.17. The lowest BCUT2D eigenvalue weighted by atomic mass is 10.1. The molecule has 0 aromatic carbocycles.